The maximum Gasteiger partial charge on any atom is 0.251 e. The quantitative estimate of drug-likeness (QED) is 0.0350. The smallest absolute Gasteiger partial charge is 0.251 e. The number of benzene rings is 11. The maximum absolute atomic E-state index is 13.2. The van der Waals surface area contributed by atoms with Crippen LogP contribution in [-0.4, -0.2) is 165 Å². The van der Waals surface area contributed by atoms with Gasteiger partial charge in [-0.2, -0.15) is 0 Å². The number of aromatic nitrogens is 1. The number of carbonyl (C=O) groups is 4. The van der Waals surface area contributed by atoms with E-state index in [-0.39, 0.29) is 52.1 Å². The molecule has 25 rings (SSSR count). The maximum atomic E-state index is 13.2. The van der Waals surface area contributed by atoms with Crippen LogP contribution in [0.3, 0.4) is 0 Å². The lowest BCUT2D eigenvalue weighted by molar-refractivity contribution is 0.0283. The minimum absolute atomic E-state index is 0.0272. The fourth-order valence-corrected chi connectivity index (χ4v) is 27.1. The van der Waals surface area contributed by atoms with Crippen molar-refractivity contribution in [3.8, 4) is 61.8 Å². The third kappa shape index (κ3) is 22.2. The molecule has 5 aliphatic heterocycles. The number of hydrogen-bond donors (Lipinski definition) is 4. The average molecular weight is 2000 g/mol. The van der Waals surface area contributed by atoms with E-state index in [0.29, 0.717) is 74.0 Å². The predicted octanol–water partition coefficient (Wildman–Crippen LogP) is 24.5. The van der Waals surface area contributed by atoms with Gasteiger partial charge < -0.3 is 35.5 Å². The summed E-state index contributed by atoms with van der Waals surface area (Å²) in [6.45, 7) is 34.2. The largest absolute Gasteiger partial charge is 0.497 e. The molecule has 12 atom stereocenters. The average Bonchev–Trinajstić information content (AvgIpc) is 1.65. The minimum Gasteiger partial charge on any atom is -0.497 e. The number of methoxy groups -OCH3 is 1. The highest BCUT2D eigenvalue weighted by Crippen LogP contribution is 2.56. The molecule has 11 aromatic carbocycles. The molecule has 1 unspecified atom stereocenters. The lowest BCUT2D eigenvalue weighted by atomic mass is 9.59. The van der Waals surface area contributed by atoms with Gasteiger partial charge in [0.2, 0.25) is 6.79 Å². The van der Waals surface area contributed by atoms with Crippen LogP contribution in [0.15, 0.2) is 261 Å². The molecular weight excluding hydrogens is 1850 g/mol. The number of nitrogens with zero attached hydrogens (tertiary/aromatic N) is 5. The molecule has 1 aromatic heterocycles. The summed E-state index contributed by atoms with van der Waals surface area (Å²) in [7, 11) is 1.69. The molecule has 4 saturated carbocycles. The van der Waals surface area contributed by atoms with Crippen LogP contribution >= 0.6 is 0 Å². The molecule has 0 radical (unpaired) electrons. The summed E-state index contributed by atoms with van der Waals surface area (Å²) in [4.78, 5) is 68.0. The topological polar surface area (TPSA) is 170 Å². The van der Waals surface area contributed by atoms with E-state index in [1.807, 2.05) is 79.9 Å². The standard InChI is InChI=1S/C34H38N2O3.C34H40N2O2.C33H39N3O.C33H38N2O/c1-22-30-18-27-9-10-28(17-29(27)34(22,2)14-16-36(30)20-24-3-4-24)33(37)35-15-13-23-5-7-25(8-6-23)26-11-12-31-32(19-26)39-21-38-31;1-23-32-21-28-13-14-29(20-31(28)34(23,2)16-18-36(32)22-25-7-8-25)33(37)35-17-15-24-9-11-26(12-10-24)27-5-4-6-30(19-27)38-3;1-22-4-9-29(20-35-22)26-10-7-24(8-11-26)14-16-34-32(37)28-13-12-27-19-31-23(2)33(3,30(27)18-28)15-17-36(31)21-25-5-6-25;1-23-31-21-28-14-15-29(20-30(28)33(23,2)17-19-35(31)22-25-8-9-25)32(36)34-18-16-24-10-12-27(13-11-24)26-6-4-3-5-7-26/h5-12,17,19,22,24,30H,3-4,13-16,18,20-21H2,1-2H3,(H,35,37);4-6,9-14,19-20,23,25,32H,7-8,15-18,21-22H2,1-3H3,(H,35,37);4,7-13,18,20,23,25,31H,5-6,14-17,19,21H2,1-3H3,(H,34,37);3-7,10-15,20,23,25,31H,8-9,16-19,21-22H2,1-2H3,(H,34,36)/t22-,30+,34-;23-,32+,34-;23-,31+,33-;23-,31?,33-/m0000/s1. The molecule has 8 bridgehead atoms. The molecule has 4 amide bonds. The van der Waals surface area contributed by atoms with Crippen LogP contribution in [0.5, 0.6) is 17.2 Å². The molecule has 8 fully saturated rings. The monoisotopic (exact) mass is 2000 g/mol. The molecule has 16 heteroatoms. The van der Waals surface area contributed by atoms with Crippen molar-refractivity contribution in [3.63, 3.8) is 0 Å². The van der Waals surface area contributed by atoms with Gasteiger partial charge in [0.05, 0.1) is 7.11 Å². The van der Waals surface area contributed by atoms with E-state index >= 15 is 0 Å². The van der Waals surface area contributed by atoms with Crippen molar-refractivity contribution in [3.05, 3.63) is 356 Å². The molecule has 0 spiro atoms. The lowest BCUT2D eigenvalue weighted by Gasteiger charge is -2.55. The van der Waals surface area contributed by atoms with Gasteiger partial charge in [0, 0.05) is 116 Å². The number of pyridine rings is 1. The Bertz CT molecular complexity index is 6850. The molecule has 16 nitrogen and oxygen atoms in total. The summed E-state index contributed by atoms with van der Waals surface area (Å²) in [5.41, 5.74) is 30.4. The predicted molar refractivity (Wildman–Crippen MR) is 604 cm³/mol. The van der Waals surface area contributed by atoms with Gasteiger partial charge in [-0.05, 0) is 415 Å². The Morgan fingerprint density at radius 2 is 0.620 bits per heavy atom. The van der Waals surface area contributed by atoms with Crippen LogP contribution in [0, 0.1) is 54.3 Å². The Balaban J connectivity index is 0.000000113. The van der Waals surface area contributed by atoms with Crippen LogP contribution in [0.25, 0.3) is 44.5 Å². The number of likely N-dealkylation sites (tertiary alicyclic amines) is 4. The Morgan fingerprint density at radius 3 is 0.940 bits per heavy atom. The van der Waals surface area contributed by atoms with Crippen LogP contribution in [0.4, 0.5) is 0 Å². The zero-order valence-corrected chi connectivity index (χ0v) is 90.2. The number of fused-ring (bicyclic) bond motifs is 17. The van der Waals surface area contributed by atoms with Crippen molar-refractivity contribution in [2.24, 2.45) is 47.3 Å². The fraction of sp³-hybridized carbons (Fsp3) is 0.440. The first-order chi connectivity index (χ1) is 72.8. The summed E-state index contributed by atoms with van der Waals surface area (Å²) in [5, 5.41) is 12.7. The molecular formula is C134H155N9O7. The van der Waals surface area contributed by atoms with Crippen LogP contribution < -0.4 is 35.5 Å². The zero-order valence-electron chi connectivity index (χ0n) is 90.2. The third-order valence-corrected chi connectivity index (χ3v) is 38.4. The number of hydrogen-bond acceptors (Lipinski definition) is 12. The minimum atomic E-state index is 0.0272. The molecule has 778 valence electrons. The number of piperidine rings is 4. The van der Waals surface area contributed by atoms with E-state index < -0.39 is 0 Å². The summed E-state index contributed by atoms with van der Waals surface area (Å²) in [6, 6.07) is 91.6. The number of aryl methyl sites for hydroxylation is 1. The van der Waals surface area contributed by atoms with E-state index in [9.17, 15) is 19.2 Å². The highest BCUT2D eigenvalue weighted by molar-refractivity contribution is 5.97. The van der Waals surface area contributed by atoms with E-state index in [0.717, 1.165) is 154 Å². The summed E-state index contributed by atoms with van der Waals surface area (Å²) in [6.07, 6.45) is 25.7. The molecule has 13 aliphatic rings. The van der Waals surface area contributed by atoms with Crippen molar-refractivity contribution >= 4 is 23.6 Å². The van der Waals surface area contributed by atoms with Crippen molar-refractivity contribution in [2.75, 3.05) is 92.4 Å². The van der Waals surface area contributed by atoms with Gasteiger partial charge in [-0.3, -0.25) is 43.8 Å². The fourth-order valence-electron chi connectivity index (χ4n) is 27.1. The van der Waals surface area contributed by atoms with E-state index in [4.69, 9.17) is 14.2 Å². The summed E-state index contributed by atoms with van der Waals surface area (Å²) < 4.78 is 16.3. The SMILES string of the molecule is COc1cccc(-c2ccc(CCNC(=O)c3ccc4c(c3)[C@@]3(C)CCN(CC5CC5)[C@H](C4)[C@@H]3C)cc2)c1.C[C@H]1C2Cc3ccc(C(=O)NCCc4ccc(-c5ccccc5)cc4)cc3[C@@]1(C)CCN2CC1CC1.C[C@H]1[C@H]2Cc3ccc(C(=O)NCCc4ccc(-c5ccc6c(c5)OCO6)cc4)cc3[C@@]1(C)CCN2CC1CC1.Cc1ccc(-c2ccc(CCNC(=O)c3ccc4c(c3)[C@@]3(C)CCN(CC5CC5)[C@H](C4)[C@@H]3C)cc2)cn1. The first kappa shape index (κ1) is 102. The zero-order chi connectivity index (χ0) is 103. The Hall–Kier alpha value is -12.3. The number of nitrogens with one attached hydrogen (secondary N) is 4. The number of carbonyl (C=O) groups excluding carboxylic acids is 4. The van der Waals surface area contributed by atoms with Gasteiger partial charge in [-0.15, -0.1) is 0 Å². The Labute approximate surface area is 890 Å². The van der Waals surface area contributed by atoms with Gasteiger partial charge in [0.1, 0.15) is 5.75 Å². The second-order valence-corrected chi connectivity index (χ2v) is 47.8. The van der Waals surface area contributed by atoms with Gasteiger partial charge >= 0.3 is 0 Å². The number of rotatable bonds is 29. The normalized spacial score (nSPS) is 25.0. The first-order valence-corrected chi connectivity index (χ1v) is 56.9. The van der Waals surface area contributed by atoms with Gasteiger partial charge in [0.15, 0.2) is 11.5 Å². The summed E-state index contributed by atoms with van der Waals surface area (Å²) in [5.74, 6) is 8.80. The van der Waals surface area contributed by atoms with Crippen molar-refractivity contribution in [1.29, 1.82) is 0 Å². The highest BCUT2D eigenvalue weighted by Gasteiger charge is 2.54. The Morgan fingerprint density at radius 1 is 0.327 bits per heavy atom. The Kier molecular flexibility index (Phi) is 29.8. The van der Waals surface area contributed by atoms with Gasteiger partial charge in [-0.1, -0.05) is 231 Å². The second-order valence-electron chi connectivity index (χ2n) is 47.8. The molecule has 4 saturated heterocycles. The molecule has 4 N–H and O–H groups in total. The number of ether oxygens (including phenoxy) is 3. The van der Waals surface area contributed by atoms with Crippen molar-refractivity contribution < 1.29 is 33.4 Å². The van der Waals surface area contributed by atoms with Crippen LogP contribution in [-0.2, 0) is 73.0 Å². The molecule has 6 heterocycles. The second kappa shape index (κ2) is 43.8. The van der Waals surface area contributed by atoms with E-state index in [1.54, 1.807) is 7.11 Å². The van der Waals surface area contributed by atoms with Crippen molar-refractivity contribution in [1.82, 2.24) is 45.9 Å². The molecule has 150 heavy (non-hydrogen) atoms. The lowest BCUT2D eigenvalue weighted by Crippen LogP contribution is -2.58. The molecule has 12 aromatic rings. The highest BCUT2D eigenvalue weighted by atomic mass is 16.7. The van der Waals surface area contributed by atoms with Crippen LogP contribution in [0.2, 0.25) is 0 Å². The van der Waals surface area contributed by atoms with Gasteiger partial charge in [0.25, 0.3) is 23.6 Å². The first-order valence-electron chi connectivity index (χ1n) is 56.9. The van der Waals surface area contributed by atoms with Crippen LogP contribution in [0.1, 0.15) is 246 Å². The van der Waals surface area contributed by atoms with E-state index in [1.165, 1.54) is 207 Å². The summed E-state index contributed by atoms with van der Waals surface area (Å²) >= 11 is 0. The van der Waals surface area contributed by atoms with E-state index in [2.05, 4.69) is 289 Å². The van der Waals surface area contributed by atoms with Gasteiger partial charge in [-0.25, -0.2) is 0 Å². The van der Waals surface area contributed by atoms with Crippen molar-refractivity contribution in [2.45, 2.75) is 237 Å². The number of amides is 4. The molecule has 8 aliphatic carbocycles. The third-order valence-electron chi connectivity index (χ3n) is 38.4.